The van der Waals surface area contributed by atoms with Gasteiger partial charge in [-0.25, -0.2) is 0 Å². The van der Waals surface area contributed by atoms with E-state index in [-0.39, 0.29) is 11.8 Å². The number of hydrogen-bond donors (Lipinski definition) is 3. The predicted octanol–water partition coefficient (Wildman–Crippen LogP) is 2.49. The molecule has 5 heteroatoms. The quantitative estimate of drug-likeness (QED) is 0.793. The van der Waals surface area contributed by atoms with Crippen LogP contribution in [0.15, 0.2) is 12.1 Å². The molecular formula is C18H25N3O2. The van der Waals surface area contributed by atoms with E-state index in [2.05, 4.69) is 48.5 Å². The van der Waals surface area contributed by atoms with Crippen molar-refractivity contribution in [2.24, 2.45) is 0 Å². The molecule has 1 atom stereocenters. The van der Waals surface area contributed by atoms with E-state index in [1.165, 1.54) is 29.1 Å². The zero-order chi connectivity index (χ0) is 17.1. The van der Waals surface area contributed by atoms with E-state index in [0.717, 1.165) is 17.5 Å². The number of aromatic nitrogens is 1. The Balaban J connectivity index is 2.23. The molecule has 5 nitrogen and oxygen atoms in total. The van der Waals surface area contributed by atoms with E-state index >= 15 is 0 Å². The standard InChI is InChI=1S/C18H25N3O2/c1-6-16-11(3)15-8-10(2)7-14(17(15)21-16)9-19-18(23)12(4)20-13(5)22/h7-8,12,21H,6,9H2,1-5H3,(H,19,23)(H,20,22)/t12-/m1/s1. The zero-order valence-electron chi connectivity index (χ0n) is 14.5. The first-order valence-electron chi connectivity index (χ1n) is 7.99. The number of nitrogens with one attached hydrogen (secondary N) is 3. The molecule has 1 heterocycles. The first-order valence-corrected chi connectivity index (χ1v) is 7.99. The number of H-pyrrole nitrogens is 1. The van der Waals surface area contributed by atoms with Crippen LogP contribution >= 0.6 is 0 Å². The summed E-state index contributed by atoms with van der Waals surface area (Å²) in [6.07, 6.45) is 0.949. The molecule has 1 aromatic heterocycles. The fourth-order valence-electron chi connectivity index (χ4n) is 2.91. The fraction of sp³-hybridized carbons (Fsp3) is 0.444. The van der Waals surface area contributed by atoms with Crippen LogP contribution in [0.3, 0.4) is 0 Å². The Morgan fingerprint density at radius 2 is 1.96 bits per heavy atom. The van der Waals surface area contributed by atoms with Gasteiger partial charge in [-0.3, -0.25) is 9.59 Å². The van der Waals surface area contributed by atoms with Gasteiger partial charge in [0, 0.05) is 24.5 Å². The maximum absolute atomic E-state index is 12.1. The van der Waals surface area contributed by atoms with E-state index < -0.39 is 6.04 Å². The number of rotatable bonds is 5. The van der Waals surface area contributed by atoms with Crippen LogP contribution in [0.25, 0.3) is 10.9 Å². The van der Waals surface area contributed by atoms with E-state index in [0.29, 0.717) is 6.54 Å². The van der Waals surface area contributed by atoms with E-state index in [4.69, 9.17) is 0 Å². The second-order valence-electron chi connectivity index (χ2n) is 6.07. The van der Waals surface area contributed by atoms with Gasteiger partial charge in [-0.05, 0) is 44.4 Å². The Bertz CT molecular complexity index is 746. The molecule has 0 radical (unpaired) electrons. The highest BCUT2D eigenvalue weighted by Crippen LogP contribution is 2.26. The van der Waals surface area contributed by atoms with Gasteiger partial charge >= 0.3 is 0 Å². The molecule has 0 aliphatic heterocycles. The van der Waals surface area contributed by atoms with Gasteiger partial charge in [0.2, 0.25) is 11.8 Å². The van der Waals surface area contributed by atoms with Crippen LogP contribution in [0.5, 0.6) is 0 Å². The van der Waals surface area contributed by atoms with E-state index in [1.807, 2.05) is 0 Å². The average Bonchev–Trinajstić information content (AvgIpc) is 2.80. The van der Waals surface area contributed by atoms with Crippen LogP contribution in [-0.4, -0.2) is 22.8 Å². The molecule has 0 saturated carbocycles. The number of carbonyl (C=O) groups excluding carboxylic acids is 2. The van der Waals surface area contributed by atoms with Gasteiger partial charge in [0.25, 0.3) is 0 Å². The van der Waals surface area contributed by atoms with Crippen molar-refractivity contribution in [2.45, 2.75) is 53.6 Å². The molecule has 0 aliphatic rings. The van der Waals surface area contributed by atoms with Gasteiger partial charge in [0.05, 0.1) is 5.52 Å². The number of aromatic amines is 1. The van der Waals surface area contributed by atoms with Gasteiger partial charge < -0.3 is 15.6 Å². The molecule has 2 aromatic rings. The molecule has 0 spiro atoms. The molecular weight excluding hydrogens is 290 g/mol. The normalized spacial score (nSPS) is 12.2. The lowest BCUT2D eigenvalue weighted by molar-refractivity contribution is -0.127. The molecule has 1 aromatic carbocycles. The largest absolute Gasteiger partial charge is 0.358 e. The highest BCUT2D eigenvalue weighted by Gasteiger charge is 2.15. The van der Waals surface area contributed by atoms with Crippen LogP contribution in [0.1, 0.15) is 43.2 Å². The number of carbonyl (C=O) groups is 2. The first kappa shape index (κ1) is 17.1. The Morgan fingerprint density at radius 3 is 2.57 bits per heavy atom. The molecule has 23 heavy (non-hydrogen) atoms. The van der Waals surface area contributed by atoms with Crippen molar-refractivity contribution in [2.75, 3.05) is 0 Å². The van der Waals surface area contributed by atoms with Crippen LogP contribution in [-0.2, 0) is 22.6 Å². The number of hydrogen-bond acceptors (Lipinski definition) is 2. The minimum Gasteiger partial charge on any atom is -0.358 e. The number of fused-ring (bicyclic) bond motifs is 1. The summed E-state index contributed by atoms with van der Waals surface area (Å²) >= 11 is 0. The van der Waals surface area contributed by atoms with Crippen molar-refractivity contribution in [3.8, 4) is 0 Å². The summed E-state index contributed by atoms with van der Waals surface area (Å²) in [7, 11) is 0. The molecule has 124 valence electrons. The molecule has 0 unspecified atom stereocenters. The Labute approximate surface area is 136 Å². The molecule has 0 saturated heterocycles. The van der Waals surface area contributed by atoms with E-state index in [1.54, 1.807) is 6.92 Å². The molecule has 3 N–H and O–H groups in total. The van der Waals surface area contributed by atoms with Crippen LogP contribution in [0.4, 0.5) is 0 Å². The third-order valence-corrected chi connectivity index (χ3v) is 4.12. The Morgan fingerprint density at radius 1 is 1.26 bits per heavy atom. The lowest BCUT2D eigenvalue weighted by atomic mass is 10.0. The van der Waals surface area contributed by atoms with Crippen LogP contribution in [0, 0.1) is 13.8 Å². The topological polar surface area (TPSA) is 74.0 Å². The highest BCUT2D eigenvalue weighted by atomic mass is 16.2. The first-order chi connectivity index (χ1) is 10.8. The molecule has 0 fully saturated rings. The number of aryl methyl sites for hydroxylation is 3. The van der Waals surface area contributed by atoms with Gasteiger partial charge in [-0.2, -0.15) is 0 Å². The van der Waals surface area contributed by atoms with Crippen molar-refractivity contribution in [1.82, 2.24) is 15.6 Å². The molecule has 2 rings (SSSR count). The molecule has 2 amide bonds. The van der Waals surface area contributed by atoms with Gasteiger partial charge in [-0.1, -0.05) is 18.6 Å². The second-order valence-corrected chi connectivity index (χ2v) is 6.07. The van der Waals surface area contributed by atoms with E-state index in [9.17, 15) is 9.59 Å². The van der Waals surface area contributed by atoms with Gasteiger partial charge in [0.1, 0.15) is 6.04 Å². The third-order valence-electron chi connectivity index (χ3n) is 4.12. The summed E-state index contributed by atoms with van der Waals surface area (Å²) < 4.78 is 0. The Kier molecular flexibility index (Phi) is 5.08. The highest BCUT2D eigenvalue weighted by molar-refractivity contribution is 5.89. The summed E-state index contributed by atoms with van der Waals surface area (Å²) in [6, 6.07) is 3.72. The van der Waals surface area contributed by atoms with Gasteiger partial charge in [-0.15, -0.1) is 0 Å². The predicted molar refractivity (Wildman–Crippen MR) is 92.3 cm³/mol. The summed E-state index contributed by atoms with van der Waals surface area (Å²) in [6.45, 7) is 9.82. The lowest BCUT2D eigenvalue weighted by Gasteiger charge is -2.13. The minimum absolute atomic E-state index is 0.186. The smallest absolute Gasteiger partial charge is 0.242 e. The third kappa shape index (κ3) is 3.73. The van der Waals surface area contributed by atoms with Crippen LogP contribution < -0.4 is 10.6 Å². The van der Waals surface area contributed by atoms with Crippen molar-refractivity contribution < 1.29 is 9.59 Å². The lowest BCUT2D eigenvalue weighted by Crippen LogP contribution is -2.43. The summed E-state index contributed by atoms with van der Waals surface area (Å²) in [5, 5.41) is 6.70. The second kappa shape index (κ2) is 6.86. The zero-order valence-corrected chi connectivity index (χ0v) is 14.5. The fourth-order valence-corrected chi connectivity index (χ4v) is 2.91. The monoisotopic (exact) mass is 315 g/mol. The number of amides is 2. The molecule has 0 bridgehead atoms. The van der Waals surface area contributed by atoms with Crippen LogP contribution in [0.2, 0.25) is 0 Å². The van der Waals surface area contributed by atoms with Crippen molar-refractivity contribution in [3.05, 3.63) is 34.5 Å². The summed E-state index contributed by atoms with van der Waals surface area (Å²) in [5.41, 5.74) is 5.81. The SMILES string of the molecule is CCc1[nH]c2c(CNC(=O)[C@@H](C)NC(C)=O)cc(C)cc2c1C. The number of benzene rings is 1. The van der Waals surface area contributed by atoms with Crippen molar-refractivity contribution >= 4 is 22.7 Å². The molecule has 0 aliphatic carbocycles. The van der Waals surface area contributed by atoms with Crippen molar-refractivity contribution in [1.29, 1.82) is 0 Å². The average molecular weight is 315 g/mol. The Hall–Kier alpha value is -2.30. The maximum atomic E-state index is 12.1. The minimum atomic E-state index is -0.538. The summed E-state index contributed by atoms with van der Waals surface area (Å²) in [5.74, 6) is -0.396. The van der Waals surface area contributed by atoms with Gasteiger partial charge in [0.15, 0.2) is 0 Å². The van der Waals surface area contributed by atoms with Crippen molar-refractivity contribution in [3.63, 3.8) is 0 Å². The summed E-state index contributed by atoms with van der Waals surface area (Å²) in [4.78, 5) is 26.6. The maximum Gasteiger partial charge on any atom is 0.242 e.